The zero-order valence-electron chi connectivity index (χ0n) is 18.6. The largest absolute Gasteiger partial charge is 0.370 e. The van der Waals surface area contributed by atoms with Crippen molar-refractivity contribution in [2.75, 3.05) is 13.1 Å². The minimum atomic E-state index is 0.623. The van der Waals surface area contributed by atoms with Crippen molar-refractivity contribution < 1.29 is 0 Å². The molecule has 150 valence electrons. The summed E-state index contributed by atoms with van der Waals surface area (Å²) in [6, 6.07) is 2.40. The predicted octanol–water partition coefficient (Wildman–Crippen LogP) is 7.06. The normalized spacial score (nSPS) is 27.2. The summed E-state index contributed by atoms with van der Waals surface area (Å²) in [5.41, 5.74) is 14.1. The lowest BCUT2D eigenvalue weighted by molar-refractivity contribution is 0.378. The molecule has 1 heteroatoms. The Morgan fingerprint density at radius 3 is 2.57 bits per heavy atom. The molecule has 1 fully saturated rings. The van der Waals surface area contributed by atoms with E-state index in [2.05, 4.69) is 57.7 Å². The molecular formula is C27H37N. The molecule has 0 saturated carbocycles. The number of allylic oxidation sites excluding steroid dienone is 4. The number of aryl methyl sites for hydroxylation is 2. The molecule has 1 aromatic rings. The molecule has 3 aliphatic rings. The van der Waals surface area contributed by atoms with Crippen molar-refractivity contribution in [2.24, 2.45) is 5.92 Å². The van der Waals surface area contributed by atoms with E-state index in [-0.39, 0.29) is 0 Å². The first-order valence-corrected chi connectivity index (χ1v) is 11.4. The van der Waals surface area contributed by atoms with Gasteiger partial charge in [-0.05, 0) is 106 Å². The average Bonchev–Trinajstić information content (AvgIpc) is 3.00. The van der Waals surface area contributed by atoms with E-state index >= 15 is 0 Å². The Morgan fingerprint density at radius 2 is 1.79 bits per heavy atom. The Kier molecular flexibility index (Phi) is 5.54. The second-order valence-corrected chi connectivity index (χ2v) is 9.28. The zero-order valence-corrected chi connectivity index (χ0v) is 18.6. The smallest absolute Gasteiger partial charge is 0.0396 e. The zero-order chi connectivity index (χ0) is 19.8. The summed E-state index contributed by atoms with van der Waals surface area (Å²) in [5.74, 6) is 0.623. The summed E-state index contributed by atoms with van der Waals surface area (Å²) in [7, 11) is 0. The summed E-state index contributed by atoms with van der Waals surface area (Å²) in [6.07, 6.45) is 14.1. The van der Waals surface area contributed by atoms with Gasteiger partial charge in [-0.1, -0.05) is 36.6 Å². The number of hydrogen-bond acceptors (Lipinski definition) is 1. The van der Waals surface area contributed by atoms with Crippen LogP contribution in [0, 0.1) is 26.7 Å². The van der Waals surface area contributed by atoms with Crippen molar-refractivity contribution in [3.05, 3.63) is 62.4 Å². The minimum absolute atomic E-state index is 0.623. The molecule has 2 heterocycles. The highest BCUT2D eigenvalue weighted by Crippen LogP contribution is 2.41. The molecule has 1 aromatic carbocycles. The standard InChI is InChI=1S/C27H37N/c1-6-22-10-9-13-28-17-23-16-26-20(4)14-18(2)21(5)24(26)11-7-8-12-25(23)27(28)15-19(22)3/h14-16,25H,6-13,17H2,1-5H3/b22-19-,23-16?,27-15-. The van der Waals surface area contributed by atoms with Gasteiger partial charge in [0.2, 0.25) is 0 Å². The van der Waals surface area contributed by atoms with Crippen LogP contribution in [0.1, 0.15) is 80.2 Å². The van der Waals surface area contributed by atoms with Gasteiger partial charge < -0.3 is 4.90 Å². The molecule has 4 rings (SSSR count). The van der Waals surface area contributed by atoms with Crippen LogP contribution in [0.15, 0.2) is 34.6 Å². The lowest BCUT2D eigenvalue weighted by atomic mass is 9.89. The first-order valence-electron chi connectivity index (χ1n) is 11.4. The van der Waals surface area contributed by atoms with Gasteiger partial charge in [0, 0.05) is 24.7 Å². The van der Waals surface area contributed by atoms with Gasteiger partial charge >= 0.3 is 0 Å². The molecule has 1 aliphatic carbocycles. The Labute approximate surface area is 172 Å². The van der Waals surface area contributed by atoms with Crippen molar-refractivity contribution in [1.29, 1.82) is 0 Å². The summed E-state index contributed by atoms with van der Waals surface area (Å²) >= 11 is 0. The van der Waals surface area contributed by atoms with Gasteiger partial charge in [-0.15, -0.1) is 0 Å². The van der Waals surface area contributed by atoms with E-state index in [9.17, 15) is 0 Å². The van der Waals surface area contributed by atoms with E-state index in [1.165, 1.54) is 79.3 Å². The van der Waals surface area contributed by atoms with Gasteiger partial charge in [0.15, 0.2) is 0 Å². The molecule has 28 heavy (non-hydrogen) atoms. The lowest BCUT2D eigenvalue weighted by Gasteiger charge is -2.25. The van der Waals surface area contributed by atoms with Crippen molar-refractivity contribution in [3.63, 3.8) is 0 Å². The molecule has 0 aromatic heterocycles. The van der Waals surface area contributed by atoms with Crippen LogP contribution in [-0.2, 0) is 6.42 Å². The fraction of sp³-hybridized carbons (Fsp3) is 0.556. The first kappa shape index (κ1) is 19.6. The number of rotatable bonds is 1. The van der Waals surface area contributed by atoms with Crippen molar-refractivity contribution in [1.82, 2.24) is 4.90 Å². The molecule has 1 nitrogen and oxygen atoms in total. The Balaban J connectivity index is 1.82. The topological polar surface area (TPSA) is 3.24 Å². The highest BCUT2D eigenvalue weighted by Gasteiger charge is 2.33. The third kappa shape index (κ3) is 3.49. The van der Waals surface area contributed by atoms with E-state index in [1.807, 2.05) is 0 Å². The predicted molar refractivity (Wildman–Crippen MR) is 122 cm³/mol. The van der Waals surface area contributed by atoms with Crippen LogP contribution in [0.4, 0.5) is 0 Å². The summed E-state index contributed by atoms with van der Waals surface area (Å²) in [5, 5.41) is 0. The van der Waals surface area contributed by atoms with Crippen molar-refractivity contribution in [2.45, 2.75) is 79.6 Å². The van der Waals surface area contributed by atoms with Crippen molar-refractivity contribution in [3.8, 4) is 0 Å². The minimum Gasteiger partial charge on any atom is -0.370 e. The molecule has 1 unspecified atom stereocenters. The van der Waals surface area contributed by atoms with Crippen LogP contribution in [0.25, 0.3) is 6.08 Å². The highest BCUT2D eigenvalue weighted by molar-refractivity contribution is 5.65. The van der Waals surface area contributed by atoms with Gasteiger partial charge in [-0.25, -0.2) is 0 Å². The molecular weight excluding hydrogens is 338 g/mol. The number of benzene rings is 1. The Bertz CT molecular complexity index is 865. The third-order valence-corrected chi connectivity index (χ3v) is 7.53. The molecule has 0 spiro atoms. The van der Waals surface area contributed by atoms with Gasteiger partial charge in [0.1, 0.15) is 0 Å². The van der Waals surface area contributed by atoms with Crippen LogP contribution in [-0.4, -0.2) is 18.0 Å². The molecule has 2 aliphatic heterocycles. The Hall–Kier alpha value is -1.76. The monoisotopic (exact) mass is 375 g/mol. The van der Waals surface area contributed by atoms with Crippen LogP contribution < -0.4 is 0 Å². The summed E-state index contributed by atoms with van der Waals surface area (Å²) in [6.45, 7) is 13.9. The number of hydrogen-bond donors (Lipinski definition) is 0. The van der Waals surface area contributed by atoms with Crippen LogP contribution in [0.3, 0.4) is 0 Å². The fourth-order valence-electron chi connectivity index (χ4n) is 5.72. The second kappa shape index (κ2) is 7.93. The van der Waals surface area contributed by atoms with E-state index < -0.39 is 0 Å². The average molecular weight is 376 g/mol. The van der Waals surface area contributed by atoms with Gasteiger partial charge in [0.05, 0.1) is 0 Å². The first-order chi connectivity index (χ1) is 13.5. The molecule has 1 saturated heterocycles. The highest BCUT2D eigenvalue weighted by atomic mass is 15.2. The summed E-state index contributed by atoms with van der Waals surface area (Å²) < 4.78 is 0. The maximum atomic E-state index is 2.70. The van der Waals surface area contributed by atoms with Gasteiger partial charge in [-0.3, -0.25) is 0 Å². The molecule has 1 atom stereocenters. The quantitative estimate of drug-likeness (QED) is 0.508. The van der Waals surface area contributed by atoms with E-state index in [4.69, 9.17) is 0 Å². The molecule has 0 radical (unpaired) electrons. The molecule has 0 bridgehead atoms. The second-order valence-electron chi connectivity index (χ2n) is 9.28. The van der Waals surface area contributed by atoms with Crippen molar-refractivity contribution >= 4 is 6.08 Å². The van der Waals surface area contributed by atoms with E-state index in [0.717, 1.165) is 6.54 Å². The number of fused-ring (bicyclic) bond motifs is 4. The van der Waals surface area contributed by atoms with Gasteiger partial charge in [-0.2, -0.15) is 0 Å². The van der Waals surface area contributed by atoms with Gasteiger partial charge in [0.25, 0.3) is 0 Å². The van der Waals surface area contributed by atoms with E-state index in [0.29, 0.717) is 5.92 Å². The molecule has 0 amide bonds. The lowest BCUT2D eigenvalue weighted by Crippen LogP contribution is -2.22. The summed E-state index contributed by atoms with van der Waals surface area (Å²) in [4.78, 5) is 2.70. The van der Waals surface area contributed by atoms with E-state index in [1.54, 1.807) is 22.4 Å². The maximum Gasteiger partial charge on any atom is 0.0396 e. The SMILES string of the molecule is CC/C1=C(C)/C=C2/C3CCCCc4c(C)c(C)cc(C)c4C=C3CN2CCC1. The fourth-order valence-corrected chi connectivity index (χ4v) is 5.72. The third-order valence-electron chi connectivity index (χ3n) is 7.53. The van der Waals surface area contributed by atoms with Crippen LogP contribution >= 0.6 is 0 Å². The van der Waals surface area contributed by atoms with Crippen LogP contribution in [0.5, 0.6) is 0 Å². The molecule has 0 N–H and O–H groups in total. The maximum absolute atomic E-state index is 2.70. The van der Waals surface area contributed by atoms with Crippen LogP contribution in [0.2, 0.25) is 0 Å². The number of nitrogens with zero attached hydrogens (tertiary/aromatic N) is 1. The Morgan fingerprint density at radius 1 is 0.964 bits per heavy atom.